The first kappa shape index (κ1) is 11.2. The third-order valence-electron chi connectivity index (χ3n) is 3.25. The van der Waals surface area contributed by atoms with Gasteiger partial charge in [-0.2, -0.15) is 0 Å². The molecule has 94 valence electrons. The zero-order valence-electron chi connectivity index (χ0n) is 10.3. The number of nitrogens with one attached hydrogen (secondary N) is 2. The van der Waals surface area contributed by atoms with Crippen molar-refractivity contribution in [3.05, 3.63) is 30.2 Å². The molecule has 1 saturated heterocycles. The molecule has 18 heavy (non-hydrogen) atoms. The summed E-state index contributed by atoms with van der Waals surface area (Å²) in [5, 5.41) is 10.6. The summed E-state index contributed by atoms with van der Waals surface area (Å²) < 4.78 is 5.43. The minimum Gasteiger partial charge on any atom is -0.373 e. The predicted molar refractivity (Wildman–Crippen MR) is 69.3 cm³/mol. The van der Waals surface area contributed by atoms with Gasteiger partial charge in [-0.15, -0.1) is 0 Å². The first-order valence-electron chi connectivity index (χ1n) is 6.21. The Kier molecular flexibility index (Phi) is 2.98. The molecular formula is C13H16N4O. The molecule has 0 aliphatic carbocycles. The summed E-state index contributed by atoms with van der Waals surface area (Å²) in [4.78, 5) is 4.27. The molecule has 0 aromatic carbocycles. The van der Waals surface area contributed by atoms with Crippen LogP contribution in [0.5, 0.6) is 0 Å². The molecule has 5 heteroatoms. The third kappa shape index (κ3) is 1.97. The highest BCUT2D eigenvalue weighted by atomic mass is 16.5. The molecule has 0 saturated carbocycles. The lowest BCUT2D eigenvalue weighted by molar-refractivity contribution is 0.353. The molecule has 0 radical (unpaired) electrons. The van der Waals surface area contributed by atoms with Crippen LogP contribution < -0.4 is 10.6 Å². The maximum atomic E-state index is 5.43. The number of hydrogen-bond donors (Lipinski definition) is 2. The minimum absolute atomic E-state index is 0.306. The number of anilines is 1. The van der Waals surface area contributed by atoms with Crippen molar-refractivity contribution in [3.63, 3.8) is 0 Å². The summed E-state index contributed by atoms with van der Waals surface area (Å²) in [6.07, 6.45) is 4.06. The van der Waals surface area contributed by atoms with Crippen molar-refractivity contribution in [3.8, 4) is 11.3 Å². The highest BCUT2D eigenvalue weighted by Gasteiger charge is 2.21. The van der Waals surface area contributed by atoms with Gasteiger partial charge in [0.2, 0.25) is 0 Å². The number of pyridine rings is 1. The van der Waals surface area contributed by atoms with Crippen molar-refractivity contribution in [2.24, 2.45) is 0 Å². The predicted octanol–water partition coefficient (Wildman–Crippen LogP) is 2.20. The first-order valence-corrected chi connectivity index (χ1v) is 6.21. The average molecular weight is 244 g/mol. The van der Waals surface area contributed by atoms with Gasteiger partial charge in [0.15, 0.2) is 5.76 Å². The van der Waals surface area contributed by atoms with E-state index in [1.165, 1.54) is 6.42 Å². The summed E-state index contributed by atoms with van der Waals surface area (Å²) in [6, 6.07) is 6.20. The summed E-state index contributed by atoms with van der Waals surface area (Å²) in [5.41, 5.74) is 1.80. The summed E-state index contributed by atoms with van der Waals surface area (Å²) in [7, 11) is 1.85. The van der Waals surface area contributed by atoms with E-state index >= 15 is 0 Å². The van der Waals surface area contributed by atoms with Crippen LogP contribution in [0.15, 0.2) is 28.9 Å². The number of rotatable bonds is 3. The Bertz CT molecular complexity index is 531. The maximum absolute atomic E-state index is 5.43. The van der Waals surface area contributed by atoms with E-state index in [9.17, 15) is 0 Å². The SMILES string of the molecule is CNc1ncccc1-c1cc([C@@H]2CCCN2)on1. The Morgan fingerprint density at radius 1 is 1.50 bits per heavy atom. The van der Waals surface area contributed by atoms with Gasteiger partial charge < -0.3 is 15.2 Å². The second-order valence-corrected chi connectivity index (χ2v) is 4.41. The zero-order valence-corrected chi connectivity index (χ0v) is 10.3. The van der Waals surface area contributed by atoms with E-state index in [4.69, 9.17) is 4.52 Å². The molecule has 2 aromatic heterocycles. The Morgan fingerprint density at radius 3 is 3.22 bits per heavy atom. The van der Waals surface area contributed by atoms with Crippen LogP contribution in [-0.2, 0) is 0 Å². The normalized spacial score (nSPS) is 19.1. The maximum Gasteiger partial charge on any atom is 0.154 e. The van der Waals surface area contributed by atoms with Gasteiger partial charge in [-0.1, -0.05) is 5.16 Å². The van der Waals surface area contributed by atoms with Crippen LogP contribution in [0.3, 0.4) is 0 Å². The van der Waals surface area contributed by atoms with Crippen molar-refractivity contribution >= 4 is 5.82 Å². The highest BCUT2D eigenvalue weighted by molar-refractivity contribution is 5.71. The van der Waals surface area contributed by atoms with Gasteiger partial charge in [0.1, 0.15) is 11.5 Å². The molecule has 5 nitrogen and oxygen atoms in total. The number of nitrogens with zero attached hydrogens (tertiary/aromatic N) is 2. The van der Waals surface area contributed by atoms with Crippen molar-refractivity contribution in [1.82, 2.24) is 15.5 Å². The Morgan fingerprint density at radius 2 is 2.44 bits per heavy atom. The topological polar surface area (TPSA) is 63.0 Å². The molecule has 0 amide bonds. The molecule has 2 N–H and O–H groups in total. The molecule has 1 aliphatic heterocycles. The molecule has 1 atom stereocenters. The fraction of sp³-hybridized carbons (Fsp3) is 0.385. The third-order valence-corrected chi connectivity index (χ3v) is 3.25. The fourth-order valence-corrected chi connectivity index (χ4v) is 2.32. The second-order valence-electron chi connectivity index (χ2n) is 4.41. The molecule has 0 unspecified atom stereocenters. The molecular weight excluding hydrogens is 228 g/mol. The van der Waals surface area contributed by atoms with Crippen LogP contribution in [0, 0.1) is 0 Å². The lowest BCUT2D eigenvalue weighted by Crippen LogP contribution is -2.11. The van der Waals surface area contributed by atoms with Crippen LogP contribution in [0.25, 0.3) is 11.3 Å². The van der Waals surface area contributed by atoms with Crippen LogP contribution in [0.4, 0.5) is 5.82 Å². The molecule has 0 spiro atoms. The number of hydrogen-bond acceptors (Lipinski definition) is 5. The van der Waals surface area contributed by atoms with Crippen LogP contribution in [0.2, 0.25) is 0 Å². The van der Waals surface area contributed by atoms with E-state index in [0.717, 1.165) is 35.8 Å². The molecule has 1 aliphatic rings. The monoisotopic (exact) mass is 244 g/mol. The molecule has 0 bridgehead atoms. The largest absolute Gasteiger partial charge is 0.373 e. The van der Waals surface area contributed by atoms with E-state index < -0.39 is 0 Å². The Hall–Kier alpha value is -1.88. The van der Waals surface area contributed by atoms with Gasteiger partial charge in [-0.05, 0) is 31.5 Å². The van der Waals surface area contributed by atoms with E-state index in [0.29, 0.717) is 6.04 Å². The van der Waals surface area contributed by atoms with Gasteiger partial charge in [-0.3, -0.25) is 0 Å². The van der Waals surface area contributed by atoms with Gasteiger partial charge >= 0.3 is 0 Å². The second kappa shape index (κ2) is 4.78. The van der Waals surface area contributed by atoms with Crippen LogP contribution in [0.1, 0.15) is 24.6 Å². The van der Waals surface area contributed by atoms with Crippen molar-refractivity contribution in [1.29, 1.82) is 0 Å². The summed E-state index contributed by atoms with van der Waals surface area (Å²) >= 11 is 0. The molecule has 1 fully saturated rings. The van der Waals surface area contributed by atoms with E-state index in [2.05, 4.69) is 20.8 Å². The Balaban J connectivity index is 1.92. The standard InChI is InChI=1S/C13H16N4O/c1-14-13-9(4-2-7-16-13)11-8-12(18-17-11)10-5-3-6-15-10/h2,4,7-8,10,15H,3,5-6H2,1H3,(H,14,16)/t10-/m0/s1. The zero-order chi connectivity index (χ0) is 12.4. The quantitative estimate of drug-likeness (QED) is 0.866. The summed E-state index contributed by atoms with van der Waals surface area (Å²) in [6.45, 7) is 1.05. The van der Waals surface area contributed by atoms with Crippen molar-refractivity contribution in [2.75, 3.05) is 18.9 Å². The smallest absolute Gasteiger partial charge is 0.154 e. The van der Waals surface area contributed by atoms with Crippen LogP contribution in [-0.4, -0.2) is 23.7 Å². The molecule has 2 aromatic rings. The van der Waals surface area contributed by atoms with Gasteiger partial charge in [0.05, 0.1) is 6.04 Å². The Labute approximate surface area is 106 Å². The number of aromatic nitrogens is 2. The van der Waals surface area contributed by atoms with E-state index in [-0.39, 0.29) is 0 Å². The van der Waals surface area contributed by atoms with Gasteiger partial charge in [-0.25, -0.2) is 4.98 Å². The lowest BCUT2D eigenvalue weighted by atomic mass is 10.1. The lowest BCUT2D eigenvalue weighted by Gasteiger charge is -2.04. The van der Waals surface area contributed by atoms with Gasteiger partial charge in [0.25, 0.3) is 0 Å². The van der Waals surface area contributed by atoms with E-state index in [1.807, 2.05) is 25.2 Å². The minimum atomic E-state index is 0.306. The van der Waals surface area contributed by atoms with E-state index in [1.54, 1.807) is 6.20 Å². The van der Waals surface area contributed by atoms with Gasteiger partial charge in [0, 0.05) is 24.9 Å². The first-order chi connectivity index (χ1) is 8.88. The molecule has 3 rings (SSSR count). The fourth-order valence-electron chi connectivity index (χ4n) is 2.32. The molecule has 3 heterocycles. The van der Waals surface area contributed by atoms with Crippen molar-refractivity contribution < 1.29 is 4.52 Å². The average Bonchev–Trinajstić information content (AvgIpc) is 3.09. The highest BCUT2D eigenvalue weighted by Crippen LogP contribution is 2.29. The van der Waals surface area contributed by atoms with Crippen LogP contribution >= 0.6 is 0 Å². The van der Waals surface area contributed by atoms with Crippen molar-refractivity contribution in [2.45, 2.75) is 18.9 Å². The summed E-state index contributed by atoms with van der Waals surface area (Å²) in [5.74, 6) is 1.73.